The van der Waals surface area contributed by atoms with Gasteiger partial charge in [-0.05, 0) is 149 Å². The van der Waals surface area contributed by atoms with Crippen LogP contribution < -0.4 is 14.2 Å². The molecule has 0 aliphatic heterocycles. The predicted octanol–water partition coefficient (Wildman–Crippen LogP) is 11.9. The highest BCUT2D eigenvalue weighted by Gasteiger charge is 2.26. The summed E-state index contributed by atoms with van der Waals surface area (Å²) >= 11 is 0. The number of rotatable bonds is 24. The highest BCUT2D eigenvalue weighted by molar-refractivity contribution is 5.89. The molecule has 0 aromatic heterocycles. The highest BCUT2D eigenvalue weighted by Crippen LogP contribution is 2.36. The zero-order valence-electron chi connectivity index (χ0n) is 37.8. The van der Waals surface area contributed by atoms with E-state index in [0.717, 1.165) is 100 Å². The fraction of sp³-hybridized carbons (Fsp3) is 0.471. The fourth-order valence-electron chi connectivity index (χ4n) is 6.14. The van der Waals surface area contributed by atoms with Gasteiger partial charge in [-0.3, -0.25) is 4.79 Å². The Bertz CT molecular complexity index is 1710. The van der Waals surface area contributed by atoms with Crippen molar-refractivity contribution in [3.8, 4) is 17.2 Å². The molecule has 11 heteroatoms. The first-order valence-corrected chi connectivity index (χ1v) is 22.1. The molecule has 0 bridgehead atoms. The Hall–Kier alpha value is -5.71. The van der Waals surface area contributed by atoms with Crippen molar-refractivity contribution in [2.24, 2.45) is 0 Å². The van der Waals surface area contributed by atoms with Gasteiger partial charge in [-0.2, -0.15) is 0 Å². The lowest BCUT2D eigenvalue weighted by molar-refractivity contribution is -0.138. The van der Waals surface area contributed by atoms with E-state index >= 15 is 0 Å². The molecular formula is C51H71NO10. The summed E-state index contributed by atoms with van der Waals surface area (Å²) in [6, 6.07) is 20.1. The fourth-order valence-corrected chi connectivity index (χ4v) is 6.14. The molecule has 0 amide bonds. The lowest BCUT2D eigenvalue weighted by Crippen LogP contribution is -2.24. The van der Waals surface area contributed by atoms with Crippen LogP contribution in [0.4, 0.5) is 0 Å². The Kier molecular flexibility index (Phi) is 30.6. The maximum absolute atomic E-state index is 12.6. The largest absolute Gasteiger partial charge is 0.496 e. The normalized spacial score (nSPS) is 13.6. The standard InChI is InChI=1S/C30H37NO6.C16H20O4.C3H8.C2H6/c1-3-29(32)36-19-7-5-4-6-18-35-26-13-10-23(11-14-26)30(33)37-27-15-8-22(9-16-27)24-12-17-28(34-2)25(20-24)21-31;1-2-16(18)20-12-6-4-3-5-11-19-15-9-7-14(13-17)8-10-15;1-3-2;1-2/h3,10-14,17,20-22,27,31H,1,4-9,15-16,18-19H2,2H3;2,7-10,13H,1,3-6,11-12H2;3H2,1-2H3;1-2H3. The van der Waals surface area contributed by atoms with Gasteiger partial charge in [-0.1, -0.05) is 53.3 Å². The summed E-state index contributed by atoms with van der Waals surface area (Å²) in [4.78, 5) is 44.9. The van der Waals surface area contributed by atoms with Crippen LogP contribution in [-0.4, -0.2) is 70.0 Å². The summed E-state index contributed by atoms with van der Waals surface area (Å²) in [6.07, 6.45) is 16.7. The Labute approximate surface area is 370 Å². The third-order valence-corrected chi connectivity index (χ3v) is 9.37. The average Bonchev–Trinajstić information content (AvgIpc) is 3.31. The van der Waals surface area contributed by atoms with Crippen molar-refractivity contribution in [2.45, 2.75) is 123 Å². The molecule has 1 N–H and O–H groups in total. The molecule has 1 fully saturated rings. The van der Waals surface area contributed by atoms with Crippen molar-refractivity contribution in [1.29, 1.82) is 5.41 Å². The minimum Gasteiger partial charge on any atom is -0.496 e. The lowest BCUT2D eigenvalue weighted by Gasteiger charge is -2.29. The van der Waals surface area contributed by atoms with E-state index in [1.165, 1.54) is 30.4 Å². The summed E-state index contributed by atoms with van der Waals surface area (Å²) in [7, 11) is 1.61. The van der Waals surface area contributed by atoms with Gasteiger partial charge in [-0.25, -0.2) is 14.4 Å². The number of esters is 3. The maximum Gasteiger partial charge on any atom is 0.338 e. The zero-order valence-corrected chi connectivity index (χ0v) is 37.8. The number of benzene rings is 3. The Balaban J connectivity index is 0.000000647. The maximum atomic E-state index is 12.6. The quantitative estimate of drug-likeness (QED) is 0.0230. The topological polar surface area (TPSA) is 148 Å². The third-order valence-electron chi connectivity index (χ3n) is 9.37. The second kappa shape index (κ2) is 34.9. The van der Waals surface area contributed by atoms with Crippen LogP contribution in [0.3, 0.4) is 0 Å². The number of carbonyl (C=O) groups excluding carboxylic acids is 4. The first-order chi connectivity index (χ1) is 30.2. The average molecular weight is 858 g/mol. The molecule has 4 rings (SSSR count). The number of ether oxygens (including phenoxy) is 6. The molecule has 0 spiro atoms. The van der Waals surface area contributed by atoms with Crippen LogP contribution in [0.1, 0.15) is 149 Å². The smallest absolute Gasteiger partial charge is 0.338 e. The molecule has 0 radical (unpaired) electrons. The summed E-state index contributed by atoms with van der Waals surface area (Å²) in [5.41, 5.74) is 3.15. The van der Waals surface area contributed by atoms with Crippen molar-refractivity contribution in [1.82, 2.24) is 0 Å². The molecule has 0 saturated heterocycles. The highest BCUT2D eigenvalue weighted by atomic mass is 16.5. The second-order valence-electron chi connectivity index (χ2n) is 14.2. The van der Waals surface area contributed by atoms with E-state index in [2.05, 4.69) is 33.1 Å². The van der Waals surface area contributed by atoms with E-state index < -0.39 is 0 Å². The number of methoxy groups -OCH3 is 1. The number of aldehydes is 1. The minimum atomic E-state index is -0.383. The van der Waals surface area contributed by atoms with Crippen molar-refractivity contribution >= 4 is 30.4 Å². The van der Waals surface area contributed by atoms with E-state index in [9.17, 15) is 19.2 Å². The number of carbonyl (C=O) groups is 4. The van der Waals surface area contributed by atoms with Gasteiger partial charge in [0.25, 0.3) is 0 Å². The molecule has 0 heterocycles. The Morgan fingerprint density at radius 1 is 0.677 bits per heavy atom. The van der Waals surface area contributed by atoms with Crippen LogP contribution >= 0.6 is 0 Å². The van der Waals surface area contributed by atoms with Gasteiger partial charge in [0.15, 0.2) is 0 Å². The number of hydrogen-bond donors (Lipinski definition) is 1. The monoisotopic (exact) mass is 858 g/mol. The van der Waals surface area contributed by atoms with Gasteiger partial charge in [0, 0.05) is 29.5 Å². The number of nitrogens with one attached hydrogen (secondary N) is 1. The van der Waals surface area contributed by atoms with Crippen molar-refractivity contribution in [3.05, 3.63) is 114 Å². The first kappa shape index (κ1) is 54.3. The molecule has 62 heavy (non-hydrogen) atoms. The van der Waals surface area contributed by atoms with Crippen LogP contribution in [0.5, 0.6) is 17.2 Å². The molecule has 1 aliphatic rings. The summed E-state index contributed by atoms with van der Waals surface area (Å²) in [6.45, 7) is 17.0. The molecule has 3 aromatic carbocycles. The van der Waals surface area contributed by atoms with E-state index in [1.807, 2.05) is 26.0 Å². The van der Waals surface area contributed by atoms with Crippen molar-refractivity contribution in [3.63, 3.8) is 0 Å². The van der Waals surface area contributed by atoms with E-state index in [-0.39, 0.29) is 24.0 Å². The van der Waals surface area contributed by atoms with Crippen LogP contribution in [-0.2, 0) is 23.8 Å². The van der Waals surface area contributed by atoms with E-state index in [0.29, 0.717) is 49.2 Å². The summed E-state index contributed by atoms with van der Waals surface area (Å²) < 4.78 is 32.2. The minimum absolute atomic E-state index is 0.0829. The lowest BCUT2D eigenvalue weighted by atomic mass is 9.82. The summed E-state index contributed by atoms with van der Waals surface area (Å²) in [5, 5.41) is 7.60. The van der Waals surface area contributed by atoms with Crippen LogP contribution in [0.2, 0.25) is 0 Å². The molecule has 0 atom stereocenters. The van der Waals surface area contributed by atoms with Gasteiger partial charge in [0.2, 0.25) is 0 Å². The van der Waals surface area contributed by atoms with E-state index in [1.54, 1.807) is 55.6 Å². The van der Waals surface area contributed by atoms with Crippen molar-refractivity contribution < 1.29 is 47.6 Å². The van der Waals surface area contributed by atoms with Crippen LogP contribution in [0.15, 0.2) is 92.0 Å². The Morgan fingerprint density at radius 3 is 1.58 bits per heavy atom. The van der Waals surface area contributed by atoms with Gasteiger partial charge >= 0.3 is 17.9 Å². The van der Waals surface area contributed by atoms with Gasteiger partial charge in [-0.15, -0.1) is 0 Å². The third kappa shape index (κ3) is 23.3. The second-order valence-corrected chi connectivity index (χ2v) is 14.2. The van der Waals surface area contributed by atoms with E-state index in [4.69, 9.17) is 33.8 Å². The van der Waals surface area contributed by atoms with Crippen molar-refractivity contribution in [2.75, 3.05) is 33.5 Å². The van der Waals surface area contributed by atoms with Crippen LogP contribution in [0, 0.1) is 5.41 Å². The molecule has 1 saturated carbocycles. The molecule has 11 nitrogen and oxygen atoms in total. The predicted molar refractivity (Wildman–Crippen MR) is 247 cm³/mol. The van der Waals surface area contributed by atoms with Gasteiger partial charge in [0.05, 0.1) is 39.1 Å². The zero-order chi connectivity index (χ0) is 45.8. The number of unbranched alkanes of at least 4 members (excludes halogenated alkanes) is 6. The number of hydrogen-bond acceptors (Lipinski definition) is 11. The Morgan fingerprint density at radius 2 is 1.15 bits per heavy atom. The SMILES string of the molecule is C=CC(=O)OCCCCCCOc1ccc(C(=O)OC2CCC(c3ccc(OC)c(C=N)c3)CC2)cc1.C=CC(=O)OCCCCCCOc1ccc(C=O)cc1.CC.CCC. The molecule has 3 aromatic rings. The molecule has 0 unspecified atom stereocenters. The molecular weight excluding hydrogens is 787 g/mol. The van der Waals surface area contributed by atoms with Gasteiger partial charge in [0.1, 0.15) is 29.6 Å². The van der Waals surface area contributed by atoms with Crippen LogP contribution in [0.25, 0.3) is 0 Å². The first-order valence-electron chi connectivity index (χ1n) is 22.1. The van der Waals surface area contributed by atoms with Gasteiger partial charge < -0.3 is 33.8 Å². The molecule has 1 aliphatic carbocycles. The summed E-state index contributed by atoms with van der Waals surface area (Å²) in [5.74, 6) is 1.54. The molecule has 340 valence electrons.